The number of hydrogen-bond acceptors (Lipinski definition) is 2. The Morgan fingerprint density at radius 1 is 1.80 bits per heavy atom. The van der Waals surface area contributed by atoms with Crippen molar-refractivity contribution < 1.29 is 4.79 Å². The summed E-state index contributed by atoms with van der Waals surface area (Å²) in [6.45, 7) is 1.01. The molecule has 4 nitrogen and oxygen atoms in total. The Labute approximate surface area is 59.5 Å². The molecule has 3 N–H and O–H groups in total. The molecule has 0 spiro atoms. The van der Waals surface area contributed by atoms with Crippen molar-refractivity contribution in [1.29, 1.82) is 5.41 Å². The maximum atomic E-state index is 10.4. The van der Waals surface area contributed by atoms with Crippen molar-refractivity contribution in [3.8, 4) is 0 Å². The molecular formula is C6H11N3O. The van der Waals surface area contributed by atoms with Gasteiger partial charge in [0.1, 0.15) is 0 Å². The van der Waals surface area contributed by atoms with Crippen molar-refractivity contribution >= 4 is 11.7 Å². The predicted molar refractivity (Wildman–Crippen MR) is 37.7 cm³/mol. The maximum absolute atomic E-state index is 10.4. The first-order chi connectivity index (χ1) is 4.70. The van der Waals surface area contributed by atoms with Gasteiger partial charge < -0.3 is 10.6 Å². The van der Waals surface area contributed by atoms with E-state index in [1.807, 2.05) is 0 Å². The minimum absolute atomic E-state index is 0.207. The number of nitrogens with two attached hydrogens (primary N) is 1. The second-order valence-electron chi connectivity index (χ2n) is 2.44. The van der Waals surface area contributed by atoms with E-state index in [2.05, 4.69) is 0 Å². The van der Waals surface area contributed by atoms with Crippen LogP contribution in [0.25, 0.3) is 0 Å². The molecule has 1 rings (SSSR count). The van der Waals surface area contributed by atoms with Crippen LogP contribution in [-0.2, 0) is 4.79 Å². The van der Waals surface area contributed by atoms with Crippen molar-refractivity contribution in [2.45, 2.75) is 12.8 Å². The Bertz CT molecular complexity index is 166. The van der Waals surface area contributed by atoms with Gasteiger partial charge in [0.2, 0.25) is 5.91 Å². The number of carbonyl (C=O) groups excluding carboxylic acids is 1. The summed E-state index contributed by atoms with van der Waals surface area (Å²) in [5.41, 5.74) is 4.96. The van der Waals surface area contributed by atoms with Gasteiger partial charge in [-0.15, -0.1) is 0 Å². The topological polar surface area (TPSA) is 70.2 Å². The zero-order chi connectivity index (χ0) is 7.56. The molecule has 1 aliphatic heterocycles. The van der Waals surface area contributed by atoms with Crippen LogP contribution in [0.3, 0.4) is 0 Å². The van der Waals surface area contributed by atoms with Crippen molar-refractivity contribution in [2.75, 3.05) is 13.1 Å². The van der Waals surface area contributed by atoms with Crippen molar-refractivity contribution in [2.24, 2.45) is 5.73 Å². The van der Waals surface area contributed by atoms with Crippen molar-refractivity contribution in [1.82, 2.24) is 4.90 Å². The van der Waals surface area contributed by atoms with E-state index in [1.54, 1.807) is 4.90 Å². The van der Waals surface area contributed by atoms with E-state index in [0.717, 1.165) is 19.4 Å². The number of hydrogen-bond donors (Lipinski definition) is 2. The number of likely N-dealkylation sites (tertiary alicyclic amines) is 1. The van der Waals surface area contributed by atoms with Crippen LogP contribution >= 0.6 is 0 Å². The number of nitrogens with one attached hydrogen (secondary N) is 1. The molecule has 1 amide bonds. The van der Waals surface area contributed by atoms with Crippen LogP contribution in [0.1, 0.15) is 12.8 Å². The van der Waals surface area contributed by atoms with Gasteiger partial charge in [0.15, 0.2) is 0 Å². The summed E-state index contributed by atoms with van der Waals surface area (Å²) in [5.74, 6) is 0.186. The minimum atomic E-state index is -0.355. The molecule has 0 saturated carbocycles. The second kappa shape index (κ2) is 2.68. The summed E-state index contributed by atoms with van der Waals surface area (Å²) in [7, 11) is 0. The minimum Gasteiger partial charge on any atom is -0.368 e. The summed E-state index contributed by atoms with van der Waals surface area (Å²) in [6.07, 6.45) is 1.76. The normalized spacial score (nSPS) is 18.0. The fourth-order valence-electron chi connectivity index (χ4n) is 1.09. The smallest absolute Gasteiger partial charge is 0.236 e. The monoisotopic (exact) mass is 141 g/mol. The Kier molecular flexibility index (Phi) is 1.89. The largest absolute Gasteiger partial charge is 0.368 e. The summed E-state index contributed by atoms with van der Waals surface area (Å²) in [6, 6.07) is 0. The molecule has 0 aromatic heterocycles. The highest BCUT2D eigenvalue weighted by Gasteiger charge is 2.17. The maximum Gasteiger partial charge on any atom is 0.236 e. The first kappa shape index (κ1) is 7.05. The number of carbonyl (C=O) groups is 1. The third-order valence-electron chi connectivity index (χ3n) is 1.57. The van der Waals surface area contributed by atoms with Gasteiger partial charge in [-0.3, -0.25) is 10.2 Å². The lowest BCUT2D eigenvalue weighted by Crippen LogP contribution is -2.34. The molecule has 4 heteroatoms. The Morgan fingerprint density at radius 3 is 2.90 bits per heavy atom. The van der Waals surface area contributed by atoms with E-state index in [4.69, 9.17) is 11.1 Å². The summed E-state index contributed by atoms with van der Waals surface area (Å²) < 4.78 is 0. The van der Waals surface area contributed by atoms with Crippen LogP contribution < -0.4 is 5.73 Å². The van der Waals surface area contributed by atoms with Gasteiger partial charge >= 0.3 is 0 Å². The third-order valence-corrected chi connectivity index (χ3v) is 1.57. The van der Waals surface area contributed by atoms with Crippen LogP contribution in [0.5, 0.6) is 0 Å². The van der Waals surface area contributed by atoms with Crippen LogP contribution in [-0.4, -0.2) is 29.7 Å². The van der Waals surface area contributed by atoms with Gasteiger partial charge in [0.05, 0.1) is 12.4 Å². The molecule has 0 aromatic carbocycles. The Balaban J connectivity index is 2.40. The number of amides is 1. The lowest BCUT2D eigenvalue weighted by atomic mass is 10.4. The zero-order valence-electron chi connectivity index (χ0n) is 5.76. The predicted octanol–water partition coefficient (Wildman–Crippen LogP) is -0.455. The van der Waals surface area contributed by atoms with E-state index in [-0.39, 0.29) is 12.5 Å². The molecule has 1 saturated heterocycles. The fourth-order valence-corrected chi connectivity index (χ4v) is 1.09. The number of amidine groups is 1. The van der Waals surface area contributed by atoms with E-state index in [0.29, 0.717) is 5.84 Å². The Hall–Kier alpha value is -1.06. The average Bonchev–Trinajstić information content (AvgIpc) is 2.15. The molecule has 0 atom stereocenters. The molecule has 0 bridgehead atoms. The van der Waals surface area contributed by atoms with Gasteiger partial charge in [-0.1, -0.05) is 0 Å². The van der Waals surface area contributed by atoms with Crippen LogP contribution in [0, 0.1) is 5.41 Å². The highest BCUT2D eigenvalue weighted by atomic mass is 16.1. The molecule has 56 valence electrons. The van der Waals surface area contributed by atoms with Gasteiger partial charge in [0, 0.05) is 13.0 Å². The van der Waals surface area contributed by atoms with E-state index in [1.165, 1.54) is 0 Å². The van der Waals surface area contributed by atoms with Crippen molar-refractivity contribution in [3.05, 3.63) is 0 Å². The van der Waals surface area contributed by atoms with Gasteiger partial charge in [-0.2, -0.15) is 0 Å². The summed E-state index contributed by atoms with van der Waals surface area (Å²) >= 11 is 0. The van der Waals surface area contributed by atoms with Gasteiger partial charge in [-0.25, -0.2) is 0 Å². The van der Waals surface area contributed by atoms with Gasteiger partial charge in [0.25, 0.3) is 0 Å². The van der Waals surface area contributed by atoms with E-state index >= 15 is 0 Å². The molecule has 1 fully saturated rings. The highest BCUT2D eigenvalue weighted by Crippen LogP contribution is 2.08. The van der Waals surface area contributed by atoms with Crippen LogP contribution in [0.2, 0.25) is 0 Å². The summed E-state index contributed by atoms with van der Waals surface area (Å²) in [5, 5.41) is 7.32. The lowest BCUT2D eigenvalue weighted by Gasteiger charge is -2.14. The summed E-state index contributed by atoms with van der Waals surface area (Å²) in [4.78, 5) is 12.1. The molecular weight excluding hydrogens is 130 g/mol. The first-order valence-electron chi connectivity index (χ1n) is 3.31. The number of nitrogens with zero attached hydrogens (tertiary/aromatic N) is 1. The van der Waals surface area contributed by atoms with Crippen molar-refractivity contribution in [3.63, 3.8) is 0 Å². The number of rotatable bonds is 2. The second-order valence-corrected chi connectivity index (χ2v) is 2.44. The average molecular weight is 141 g/mol. The highest BCUT2D eigenvalue weighted by molar-refractivity contribution is 5.86. The molecule has 0 unspecified atom stereocenters. The Morgan fingerprint density at radius 2 is 2.50 bits per heavy atom. The molecule has 10 heavy (non-hydrogen) atoms. The van der Waals surface area contributed by atoms with Crippen LogP contribution in [0.15, 0.2) is 0 Å². The van der Waals surface area contributed by atoms with Gasteiger partial charge in [-0.05, 0) is 6.42 Å². The third kappa shape index (κ3) is 1.46. The number of primary amides is 1. The molecule has 1 heterocycles. The fraction of sp³-hybridized carbons (Fsp3) is 0.667. The SMILES string of the molecule is N=C1CCCN1CC(N)=O. The molecule has 0 aromatic rings. The van der Waals surface area contributed by atoms with E-state index in [9.17, 15) is 4.79 Å². The van der Waals surface area contributed by atoms with Crippen LogP contribution in [0.4, 0.5) is 0 Å². The first-order valence-corrected chi connectivity index (χ1v) is 3.31. The zero-order valence-corrected chi connectivity index (χ0v) is 5.76. The standard InChI is InChI=1S/C6H11N3O/c7-5-2-1-3-9(5)4-6(8)10/h7H,1-4H2,(H2,8,10). The lowest BCUT2D eigenvalue weighted by molar-refractivity contribution is -0.118. The molecule has 0 radical (unpaired) electrons. The molecule has 1 aliphatic rings. The molecule has 0 aliphatic carbocycles. The van der Waals surface area contributed by atoms with E-state index < -0.39 is 0 Å². The quantitative estimate of drug-likeness (QED) is 0.546.